The molecule has 1 aliphatic heterocycles. The molecule has 0 bridgehead atoms. The lowest BCUT2D eigenvalue weighted by Crippen LogP contribution is -2.53. The average molecular weight is 259 g/mol. The van der Waals surface area contributed by atoms with Crippen molar-refractivity contribution < 1.29 is 0 Å². The Morgan fingerprint density at radius 2 is 2.11 bits per heavy atom. The predicted molar refractivity (Wildman–Crippen MR) is 75.1 cm³/mol. The van der Waals surface area contributed by atoms with E-state index in [2.05, 4.69) is 22.3 Å². The van der Waals surface area contributed by atoms with Gasteiger partial charge in [0.2, 0.25) is 5.84 Å². The summed E-state index contributed by atoms with van der Waals surface area (Å²) in [5, 5.41) is 3.21. The Balaban J connectivity index is 2.22. The van der Waals surface area contributed by atoms with E-state index >= 15 is 0 Å². The van der Waals surface area contributed by atoms with E-state index in [1.807, 2.05) is 30.3 Å². The molecule has 0 saturated carbocycles. The maximum Gasteiger partial charge on any atom is 0.200 e. The van der Waals surface area contributed by atoms with Gasteiger partial charge in [0.25, 0.3) is 0 Å². The number of thiocarbonyl (C=S) groups is 1. The van der Waals surface area contributed by atoms with Gasteiger partial charge in [0.1, 0.15) is 0 Å². The van der Waals surface area contributed by atoms with Crippen molar-refractivity contribution in [2.75, 3.05) is 7.05 Å². The molecule has 2 rings (SSSR count). The maximum atomic E-state index is 5.82. The van der Waals surface area contributed by atoms with Crippen LogP contribution < -0.4 is 11.2 Å². The lowest BCUT2D eigenvalue weighted by Gasteiger charge is -2.25. The van der Waals surface area contributed by atoms with Gasteiger partial charge in [0, 0.05) is 12.6 Å². The normalized spacial score (nSPS) is 19.1. The minimum absolute atomic E-state index is 0.519. The minimum atomic E-state index is -0.519. The van der Waals surface area contributed by atoms with Crippen molar-refractivity contribution in [1.29, 1.82) is 0 Å². The molecular weight excluding hydrogens is 246 g/mol. The molecule has 18 heavy (non-hydrogen) atoms. The van der Waals surface area contributed by atoms with Crippen LogP contribution in [-0.2, 0) is 0 Å². The fourth-order valence-corrected chi connectivity index (χ4v) is 1.75. The fourth-order valence-electron chi connectivity index (χ4n) is 1.55. The summed E-state index contributed by atoms with van der Waals surface area (Å²) in [6, 6.07) is 9.67. The zero-order valence-electron chi connectivity index (χ0n) is 9.87. The van der Waals surface area contributed by atoms with Gasteiger partial charge >= 0.3 is 0 Å². The first kappa shape index (κ1) is 12.7. The molecule has 1 aromatic rings. The number of rotatable bonds is 2. The van der Waals surface area contributed by atoms with E-state index in [4.69, 9.17) is 18.0 Å². The fraction of sp³-hybridized carbons (Fsp3) is 0.167. The van der Waals surface area contributed by atoms with E-state index in [1.54, 1.807) is 17.2 Å². The van der Waals surface area contributed by atoms with Crippen molar-refractivity contribution in [2.45, 2.75) is 6.29 Å². The lowest BCUT2D eigenvalue weighted by molar-refractivity contribution is 0.0410. The van der Waals surface area contributed by atoms with Gasteiger partial charge in [-0.3, -0.25) is 5.73 Å². The van der Waals surface area contributed by atoms with Gasteiger partial charge in [-0.15, -0.1) is 5.12 Å². The molecule has 1 aromatic carbocycles. The SMILES string of the molecule is CNN1C(N)N=C(C#Cc2ccccc2)N1C=S. The molecule has 1 heterocycles. The molecule has 92 valence electrons. The van der Waals surface area contributed by atoms with Crippen molar-refractivity contribution in [3.63, 3.8) is 0 Å². The Bertz CT molecular complexity index is 516. The Labute approximate surface area is 111 Å². The average Bonchev–Trinajstić information content (AvgIpc) is 2.72. The van der Waals surface area contributed by atoms with Gasteiger partial charge in [0.15, 0.2) is 6.29 Å². The van der Waals surface area contributed by atoms with Crippen LogP contribution in [-0.4, -0.2) is 34.8 Å². The summed E-state index contributed by atoms with van der Waals surface area (Å²) in [6.07, 6.45) is -0.519. The summed E-state index contributed by atoms with van der Waals surface area (Å²) in [5.41, 5.74) is 11.1. The number of nitrogens with two attached hydrogens (primary N) is 1. The van der Waals surface area contributed by atoms with E-state index in [9.17, 15) is 0 Å². The molecule has 3 N–H and O–H groups in total. The second-order valence-electron chi connectivity index (χ2n) is 3.50. The summed E-state index contributed by atoms with van der Waals surface area (Å²) >= 11 is 4.93. The number of hydrazine groups is 2. The monoisotopic (exact) mass is 259 g/mol. The van der Waals surface area contributed by atoms with E-state index in [0.717, 1.165) is 5.56 Å². The summed E-state index contributed by atoms with van der Waals surface area (Å²) in [5.74, 6) is 6.50. The third-order valence-electron chi connectivity index (χ3n) is 2.38. The first-order valence-corrected chi connectivity index (χ1v) is 5.85. The number of aliphatic imine (C=N–C) groups is 1. The van der Waals surface area contributed by atoms with Gasteiger partial charge in [-0.05, 0) is 18.1 Å². The predicted octanol–water partition coefficient (Wildman–Crippen LogP) is 0.303. The molecule has 0 spiro atoms. The molecule has 0 aliphatic carbocycles. The molecule has 0 saturated heterocycles. The summed E-state index contributed by atoms with van der Waals surface area (Å²) in [7, 11) is 1.74. The number of amidine groups is 1. The molecule has 0 radical (unpaired) electrons. The Morgan fingerprint density at radius 1 is 1.39 bits per heavy atom. The van der Waals surface area contributed by atoms with Gasteiger partial charge in [-0.25, -0.2) is 15.4 Å². The number of hydrogen-bond acceptors (Lipinski definition) is 5. The highest BCUT2D eigenvalue weighted by molar-refractivity contribution is 7.78. The second-order valence-corrected chi connectivity index (χ2v) is 3.71. The molecule has 0 amide bonds. The van der Waals surface area contributed by atoms with Crippen LogP contribution >= 0.6 is 12.2 Å². The van der Waals surface area contributed by atoms with E-state index in [0.29, 0.717) is 5.84 Å². The third-order valence-corrected chi connectivity index (χ3v) is 2.58. The standard InChI is InChI=1S/C12H13N5S/c1-14-17-12(13)15-11(16(17)9-18)8-7-10-5-3-2-4-6-10/h2-6,9,12,14H,13H2,1H3. The maximum absolute atomic E-state index is 5.82. The first-order chi connectivity index (χ1) is 8.76. The largest absolute Gasteiger partial charge is 0.295 e. The highest BCUT2D eigenvalue weighted by atomic mass is 32.1. The van der Waals surface area contributed by atoms with Crippen molar-refractivity contribution in [2.24, 2.45) is 10.7 Å². The molecule has 1 aliphatic rings. The molecule has 1 unspecified atom stereocenters. The molecular formula is C12H13N5S. The van der Waals surface area contributed by atoms with Crippen LogP contribution in [0.4, 0.5) is 0 Å². The van der Waals surface area contributed by atoms with E-state index in [1.165, 1.54) is 5.49 Å². The second kappa shape index (κ2) is 5.71. The zero-order valence-corrected chi connectivity index (χ0v) is 10.7. The minimum Gasteiger partial charge on any atom is -0.295 e. The summed E-state index contributed by atoms with van der Waals surface area (Å²) in [6.45, 7) is 0. The number of nitrogens with zero attached hydrogens (tertiary/aromatic N) is 3. The summed E-state index contributed by atoms with van der Waals surface area (Å²) < 4.78 is 0. The van der Waals surface area contributed by atoms with Crippen LogP contribution in [0.5, 0.6) is 0 Å². The number of hydrogen-bond donors (Lipinski definition) is 2. The van der Waals surface area contributed by atoms with Gasteiger partial charge in [-0.2, -0.15) is 0 Å². The van der Waals surface area contributed by atoms with E-state index in [-0.39, 0.29) is 0 Å². The van der Waals surface area contributed by atoms with Crippen LogP contribution in [0.2, 0.25) is 0 Å². The number of benzene rings is 1. The summed E-state index contributed by atoms with van der Waals surface area (Å²) in [4.78, 5) is 4.22. The third kappa shape index (κ3) is 2.55. The molecule has 1 atom stereocenters. The van der Waals surface area contributed by atoms with Gasteiger partial charge in [-0.1, -0.05) is 36.3 Å². The van der Waals surface area contributed by atoms with Crippen LogP contribution in [0.3, 0.4) is 0 Å². The Kier molecular flexibility index (Phi) is 4.02. The molecule has 5 nitrogen and oxygen atoms in total. The van der Waals surface area contributed by atoms with Crippen LogP contribution in [0.1, 0.15) is 5.56 Å². The first-order valence-electron chi connectivity index (χ1n) is 5.38. The number of nitrogens with one attached hydrogen (secondary N) is 1. The molecule has 6 heteroatoms. The Hall–Kier alpha value is -1.78. The van der Waals surface area contributed by atoms with Crippen LogP contribution in [0, 0.1) is 11.8 Å². The zero-order chi connectivity index (χ0) is 13.0. The van der Waals surface area contributed by atoms with Crippen molar-refractivity contribution in [3.8, 4) is 11.8 Å². The van der Waals surface area contributed by atoms with Crippen molar-refractivity contribution in [3.05, 3.63) is 35.9 Å². The highest BCUT2D eigenvalue weighted by Gasteiger charge is 2.28. The molecule has 0 fully saturated rings. The van der Waals surface area contributed by atoms with Crippen molar-refractivity contribution in [1.82, 2.24) is 15.6 Å². The quantitative estimate of drug-likeness (QED) is 0.591. The van der Waals surface area contributed by atoms with Crippen LogP contribution in [0.15, 0.2) is 35.3 Å². The van der Waals surface area contributed by atoms with Crippen LogP contribution in [0.25, 0.3) is 0 Å². The topological polar surface area (TPSA) is 56.9 Å². The van der Waals surface area contributed by atoms with E-state index < -0.39 is 6.29 Å². The molecule has 0 aromatic heterocycles. The van der Waals surface area contributed by atoms with Gasteiger partial charge in [0.05, 0.1) is 5.49 Å². The Morgan fingerprint density at radius 3 is 2.72 bits per heavy atom. The highest BCUT2D eigenvalue weighted by Crippen LogP contribution is 2.08. The smallest absolute Gasteiger partial charge is 0.200 e. The van der Waals surface area contributed by atoms with Gasteiger partial charge < -0.3 is 0 Å². The lowest BCUT2D eigenvalue weighted by atomic mass is 10.2. The van der Waals surface area contributed by atoms with Crippen molar-refractivity contribution >= 4 is 23.5 Å².